The number of aryl methyl sites for hydroxylation is 2. The summed E-state index contributed by atoms with van der Waals surface area (Å²) in [5, 5.41) is 22.1. The molecule has 230 valence electrons. The third-order valence-electron chi connectivity index (χ3n) is 7.07. The fourth-order valence-electron chi connectivity index (χ4n) is 4.75. The summed E-state index contributed by atoms with van der Waals surface area (Å²) in [6.07, 6.45) is 5.94. The van der Waals surface area contributed by atoms with Gasteiger partial charge in [0.1, 0.15) is 17.0 Å². The molecule has 0 aliphatic carbocycles. The van der Waals surface area contributed by atoms with Gasteiger partial charge in [-0.3, -0.25) is 34.3 Å². The largest absolute Gasteiger partial charge is 0.491 e. The molecular weight excluding hydrogens is 570 g/mol. The molecule has 5 rings (SSSR count). The third kappa shape index (κ3) is 6.67. The van der Waals surface area contributed by atoms with Crippen LogP contribution < -0.4 is 21.1 Å². The Hall–Kier alpha value is -5.31. The van der Waals surface area contributed by atoms with Crippen molar-refractivity contribution in [3.05, 3.63) is 75.7 Å². The van der Waals surface area contributed by atoms with Gasteiger partial charge in [0.2, 0.25) is 11.9 Å². The van der Waals surface area contributed by atoms with Crippen LogP contribution in [0.1, 0.15) is 39.9 Å². The molecule has 1 saturated heterocycles. The Morgan fingerprint density at radius 3 is 2.80 bits per heavy atom. The molecule has 0 spiro atoms. The summed E-state index contributed by atoms with van der Waals surface area (Å²) >= 11 is 0. The van der Waals surface area contributed by atoms with Gasteiger partial charge in [-0.2, -0.15) is 5.10 Å². The average Bonchev–Trinajstić information content (AvgIpc) is 3.53. The van der Waals surface area contributed by atoms with Crippen LogP contribution in [0.3, 0.4) is 0 Å². The van der Waals surface area contributed by atoms with Crippen molar-refractivity contribution in [2.75, 3.05) is 37.0 Å². The first-order chi connectivity index (χ1) is 21.2. The third-order valence-corrected chi connectivity index (χ3v) is 7.07. The van der Waals surface area contributed by atoms with Crippen molar-refractivity contribution < 1.29 is 24.0 Å². The minimum absolute atomic E-state index is 0.0222. The molecule has 0 saturated carbocycles. The molecule has 3 aromatic heterocycles. The van der Waals surface area contributed by atoms with Gasteiger partial charge in [0, 0.05) is 43.4 Å². The van der Waals surface area contributed by atoms with E-state index < -0.39 is 10.8 Å². The number of nitrogens with one attached hydrogen (secondary N) is 2. The number of carbonyl (C=O) groups excluding carboxylic acids is 2. The van der Waals surface area contributed by atoms with E-state index in [0.29, 0.717) is 68.1 Å². The van der Waals surface area contributed by atoms with E-state index >= 15 is 0 Å². The molecule has 0 bridgehead atoms. The second-order valence-corrected chi connectivity index (χ2v) is 10.2. The van der Waals surface area contributed by atoms with Crippen molar-refractivity contribution in [2.45, 2.75) is 33.4 Å². The van der Waals surface area contributed by atoms with Crippen LogP contribution in [0.15, 0.2) is 48.7 Å². The number of hydrogen-bond acceptors (Lipinski definition) is 10. The predicted molar refractivity (Wildman–Crippen MR) is 162 cm³/mol. The fraction of sp³-hybridized carbons (Fsp3) is 0.345. The number of nitro benzene ring substituents is 1. The van der Waals surface area contributed by atoms with E-state index in [-0.39, 0.29) is 35.1 Å². The number of anilines is 2. The number of nitrogens with two attached hydrogens (primary N) is 1. The Balaban J connectivity index is 1.32. The number of primary amides is 1. The minimum Gasteiger partial charge on any atom is -0.491 e. The Morgan fingerprint density at radius 1 is 1.27 bits per heavy atom. The number of pyridine rings is 1. The molecule has 4 N–H and O–H groups in total. The maximum Gasteiger partial charge on any atom is 0.296 e. The molecule has 0 radical (unpaired) electrons. The van der Waals surface area contributed by atoms with E-state index in [0.717, 1.165) is 11.8 Å². The molecule has 0 atom stereocenters. The highest BCUT2D eigenvalue weighted by Crippen LogP contribution is 2.36. The van der Waals surface area contributed by atoms with Crippen LogP contribution >= 0.6 is 0 Å². The number of ether oxygens (including phenoxy) is 2. The molecule has 44 heavy (non-hydrogen) atoms. The van der Waals surface area contributed by atoms with E-state index in [1.807, 2.05) is 19.9 Å². The molecule has 15 nitrogen and oxygen atoms in total. The lowest BCUT2D eigenvalue weighted by atomic mass is 10.1. The molecule has 2 amide bonds. The minimum atomic E-state index is -0.796. The van der Waals surface area contributed by atoms with Gasteiger partial charge in [-0.15, -0.1) is 0 Å². The summed E-state index contributed by atoms with van der Waals surface area (Å²) < 4.78 is 14.4. The lowest BCUT2D eigenvalue weighted by Gasteiger charge is -2.25. The van der Waals surface area contributed by atoms with E-state index in [9.17, 15) is 19.7 Å². The average molecular weight is 604 g/mol. The zero-order valence-electron chi connectivity index (χ0n) is 24.4. The van der Waals surface area contributed by atoms with Crippen molar-refractivity contribution in [2.24, 2.45) is 11.7 Å². The zero-order chi connectivity index (χ0) is 31.2. The van der Waals surface area contributed by atoms with Gasteiger partial charge < -0.3 is 20.5 Å². The van der Waals surface area contributed by atoms with Crippen LogP contribution in [-0.2, 0) is 17.8 Å². The summed E-state index contributed by atoms with van der Waals surface area (Å²) in [6.45, 7) is 6.35. The molecule has 4 aromatic rings. The quantitative estimate of drug-likeness (QED) is 0.109. The van der Waals surface area contributed by atoms with Crippen molar-refractivity contribution >= 4 is 40.3 Å². The summed E-state index contributed by atoms with van der Waals surface area (Å²) in [4.78, 5) is 45.2. The van der Waals surface area contributed by atoms with Crippen molar-refractivity contribution in [1.82, 2.24) is 24.3 Å². The number of nitro groups is 1. The SMILES string of the molecule is CCn1nc(C)cc1C(=O)Nc1nc2cccnc2n1C/C=C/CNc1c(OCCC2COC2)cc(C(N)=O)cc1[N+](=O)[O-]. The van der Waals surface area contributed by atoms with E-state index in [2.05, 4.69) is 25.7 Å². The summed E-state index contributed by atoms with van der Waals surface area (Å²) in [5.41, 5.74) is 7.54. The van der Waals surface area contributed by atoms with Gasteiger partial charge in [-0.1, -0.05) is 12.2 Å². The van der Waals surface area contributed by atoms with Gasteiger partial charge in [-0.05, 0) is 44.5 Å². The number of nitrogens with zero attached hydrogens (tertiary/aromatic N) is 6. The topological polar surface area (TPSA) is 194 Å². The highest BCUT2D eigenvalue weighted by atomic mass is 16.6. The molecule has 0 unspecified atom stereocenters. The molecule has 1 aliphatic heterocycles. The highest BCUT2D eigenvalue weighted by molar-refractivity contribution is 6.03. The molecule has 1 fully saturated rings. The molecular formula is C29H33N9O6. The molecule has 15 heteroatoms. The number of aromatic nitrogens is 5. The maximum absolute atomic E-state index is 13.1. The Morgan fingerprint density at radius 2 is 2.09 bits per heavy atom. The zero-order valence-corrected chi connectivity index (χ0v) is 24.4. The van der Waals surface area contributed by atoms with Crippen molar-refractivity contribution in [3.63, 3.8) is 0 Å². The van der Waals surface area contributed by atoms with Crippen LogP contribution in [0.2, 0.25) is 0 Å². The monoisotopic (exact) mass is 603 g/mol. The van der Waals surface area contributed by atoms with Crippen LogP contribution in [-0.4, -0.2) is 67.4 Å². The number of imidazole rings is 1. The first kappa shape index (κ1) is 30.2. The molecule has 1 aliphatic rings. The van der Waals surface area contributed by atoms with Gasteiger partial charge in [0.05, 0.1) is 30.4 Å². The first-order valence-electron chi connectivity index (χ1n) is 14.1. The van der Waals surface area contributed by atoms with Crippen LogP contribution in [0.25, 0.3) is 11.2 Å². The Labute approximate surface area is 252 Å². The number of amides is 2. The number of allylic oxidation sites excluding steroid dienone is 1. The summed E-state index contributed by atoms with van der Waals surface area (Å²) in [6, 6.07) is 7.81. The number of benzene rings is 1. The van der Waals surface area contributed by atoms with Crippen molar-refractivity contribution in [3.8, 4) is 5.75 Å². The first-order valence-corrected chi connectivity index (χ1v) is 14.1. The normalized spacial score (nSPS) is 13.2. The number of hydrogen-bond donors (Lipinski definition) is 3. The van der Waals surface area contributed by atoms with Gasteiger partial charge in [0.15, 0.2) is 11.3 Å². The van der Waals surface area contributed by atoms with Crippen molar-refractivity contribution in [1.29, 1.82) is 0 Å². The Kier molecular flexibility index (Phi) is 9.14. The summed E-state index contributed by atoms with van der Waals surface area (Å²) in [5.74, 6) is -0.301. The van der Waals surface area contributed by atoms with E-state index in [1.54, 1.807) is 39.7 Å². The lowest BCUT2D eigenvalue weighted by Crippen LogP contribution is -2.28. The number of rotatable bonds is 14. The smallest absolute Gasteiger partial charge is 0.296 e. The predicted octanol–water partition coefficient (Wildman–Crippen LogP) is 3.30. The maximum atomic E-state index is 13.1. The lowest BCUT2D eigenvalue weighted by molar-refractivity contribution is -0.384. The fourth-order valence-corrected chi connectivity index (χ4v) is 4.75. The van der Waals surface area contributed by atoms with E-state index in [4.69, 9.17) is 15.2 Å². The second kappa shape index (κ2) is 13.3. The van der Waals surface area contributed by atoms with Gasteiger partial charge >= 0.3 is 0 Å². The molecule has 4 heterocycles. The number of carbonyl (C=O) groups is 2. The standard InChI is InChI=1S/C29H33N9O6/c1-3-37-23(13-18(2)35-37)28(40)34-29-33-21-7-6-10-32-27(21)36(29)11-5-4-9-31-25-22(38(41)42)14-20(26(30)39)15-24(25)44-12-8-19-16-43-17-19/h4-7,10,13-15,19,31H,3,8-9,11-12,16-17H2,1-2H3,(H2,30,39)(H,33,34,40)/b5-4+. The van der Waals surface area contributed by atoms with Crippen LogP contribution in [0, 0.1) is 23.0 Å². The van der Waals surface area contributed by atoms with E-state index in [1.165, 1.54) is 6.07 Å². The second-order valence-electron chi connectivity index (χ2n) is 10.2. The van der Waals surface area contributed by atoms with Crippen LogP contribution in [0.4, 0.5) is 17.3 Å². The summed E-state index contributed by atoms with van der Waals surface area (Å²) in [7, 11) is 0. The Bertz CT molecular complexity index is 1720. The van der Waals surface area contributed by atoms with Gasteiger partial charge in [-0.25, -0.2) is 9.97 Å². The van der Waals surface area contributed by atoms with Crippen LogP contribution in [0.5, 0.6) is 5.75 Å². The highest BCUT2D eigenvalue weighted by Gasteiger charge is 2.24. The molecule has 1 aromatic carbocycles. The number of fused-ring (bicyclic) bond motifs is 1. The van der Waals surface area contributed by atoms with Gasteiger partial charge in [0.25, 0.3) is 11.6 Å².